The topological polar surface area (TPSA) is 76.0 Å². The van der Waals surface area contributed by atoms with Crippen molar-refractivity contribution in [2.24, 2.45) is 4.99 Å². The van der Waals surface area contributed by atoms with E-state index in [1.165, 1.54) is 12.1 Å². The van der Waals surface area contributed by atoms with Gasteiger partial charge in [-0.3, -0.25) is 4.99 Å². The maximum absolute atomic E-state index is 13.2. The smallest absolute Gasteiger partial charge is 0.191 e. The lowest BCUT2D eigenvalue weighted by atomic mass is 10.1. The zero-order valence-electron chi connectivity index (χ0n) is 14.9. The SMILES string of the molecule is CN=C(NCCc1c[nH]c2cc(F)ccc12)NCc1cccc(C#N)c1.I. The molecule has 0 fully saturated rings. The first kappa shape index (κ1) is 20.7. The second-order valence-corrected chi connectivity index (χ2v) is 5.92. The van der Waals surface area contributed by atoms with Gasteiger partial charge in [-0.15, -0.1) is 24.0 Å². The molecule has 0 saturated carbocycles. The lowest BCUT2D eigenvalue weighted by Gasteiger charge is -2.12. The molecule has 0 spiro atoms. The fraction of sp³-hybridized carbons (Fsp3) is 0.200. The Morgan fingerprint density at radius 1 is 1.22 bits per heavy atom. The lowest BCUT2D eigenvalue weighted by molar-refractivity contribution is 0.629. The van der Waals surface area contributed by atoms with Gasteiger partial charge in [-0.05, 0) is 47.9 Å². The maximum atomic E-state index is 13.2. The summed E-state index contributed by atoms with van der Waals surface area (Å²) in [6, 6.07) is 14.4. The molecule has 1 heterocycles. The number of aromatic nitrogens is 1. The Morgan fingerprint density at radius 2 is 2.07 bits per heavy atom. The maximum Gasteiger partial charge on any atom is 0.191 e. The number of aromatic amines is 1. The van der Waals surface area contributed by atoms with Crippen LogP contribution in [0.25, 0.3) is 10.9 Å². The van der Waals surface area contributed by atoms with Crippen LogP contribution in [0.1, 0.15) is 16.7 Å². The largest absolute Gasteiger partial charge is 0.361 e. The third-order valence-electron chi connectivity index (χ3n) is 4.16. The van der Waals surface area contributed by atoms with Crippen LogP contribution in [-0.4, -0.2) is 24.5 Å². The second-order valence-electron chi connectivity index (χ2n) is 5.92. The fourth-order valence-electron chi connectivity index (χ4n) is 2.84. The van der Waals surface area contributed by atoms with Crippen LogP contribution >= 0.6 is 24.0 Å². The van der Waals surface area contributed by atoms with Gasteiger partial charge in [0.2, 0.25) is 0 Å². The first-order valence-corrected chi connectivity index (χ1v) is 8.38. The summed E-state index contributed by atoms with van der Waals surface area (Å²) in [6.45, 7) is 1.28. The van der Waals surface area contributed by atoms with Gasteiger partial charge in [-0.25, -0.2) is 4.39 Å². The molecule has 140 valence electrons. The normalized spacial score (nSPS) is 10.9. The molecule has 0 aliphatic heterocycles. The Hall–Kier alpha value is -2.60. The van der Waals surface area contributed by atoms with Gasteiger partial charge in [0.05, 0.1) is 11.6 Å². The van der Waals surface area contributed by atoms with Crippen molar-refractivity contribution in [3.8, 4) is 6.07 Å². The second kappa shape index (κ2) is 9.92. The van der Waals surface area contributed by atoms with Crippen molar-refractivity contribution in [1.29, 1.82) is 5.26 Å². The average molecular weight is 477 g/mol. The lowest BCUT2D eigenvalue weighted by Crippen LogP contribution is -2.37. The van der Waals surface area contributed by atoms with E-state index >= 15 is 0 Å². The van der Waals surface area contributed by atoms with Gasteiger partial charge in [0.1, 0.15) is 5.82 Å². The molecule has 0 bridgehead atoms. The van der Waals surface area contributed by atoms with Gasteiger partial charge in [0, 0.05) is 37.2 Å². The summed E-state index contributed by atoms with van der Waals surface area (Å²) in [7, 11) is 1.72. The van der Waals surface area contributed by atoms with Crippen molar-refractivity contribution < 1.29 is 4.39 Å². The number of halogens is 2. The van der Waals surface area contributed by atoms with E-state index in [0.717, 1.165) is 28.5 Å². The van der Waals surface area contributed by atoms with Gasteiger partial charge < -0.3 is 15.6 Å². The summed E-state index contributed by atoms with van der Waals surface area (Å²) in [6.07, 6.45) is 2.70. The van der Waals surface area contributed by atoms with Crippen LogP contribution in [0.2, 0.25) is 0 Å². The average Bonchev–Trinajstić information content (AvgIpc) is 3.06. The van der Waals surface area contributed by atoms with Crippen LogP contribution in [0.4, 0.5) is 4.39 Å². The molecule has 0 radical (unpaired) electrons. The molecule has 0 unspecified atom stereocenters. The Balaban J connectivity index is 0.00000261. The quantitative estimate of drug-likeness (QED) is 0.298. The number of aliphatic imine (C=N–C) groups is 1. The van der Waals surface area contributed by atoms with Gasteiger partial charge in [0.25, 0.3) is 0 Å². The Bertz CT molecular complexity index is 974. The Morgan fingerprint density at radius 3 is 2.85 bits per heavy atom. The van der Waals surface area contributed by atoms with Crippen molar-refractivity contribution in [2.45, 2.75) is 13.0 Å². The summed E-state index contributed by atoms with van der Waals surface area (Å²) >= 11 is 0. The molecule has 3 aromatic rings. The monoisotopic (exact) mass is 477 g/mol. The van der Waals surface area contributed by atoms with Gasteiger partial charge in [-0.2, -0.15) is 5.26 Å². The molecule has 0 saturated heterocycles. The highest BCUT2D eigenvalue weighted by Crippen LogP contribution is 2.19. The first-order valence-electron chi connectivity index (χ1n) is 8.38. The molecule has 0 aliphatic carbocycles. The molecule has 0 atom stereocenters. The van der Waals surface area contributed by atoms with Gasteiger partial charge in [-0.1, -0.05) is 12.1 Å². The van der Waals surface area contributed by atoms with Crippen molar-refractivity contribution in [2.75, 3.05) is 13.6 Å². The Kier molecular flexibility index (Phi) is 7.61. The Labute approximate surface area is 174 Å². The van der Waals surface area contributed by atoms with Crippen molar-refractivity contribution in [1.82, 2.24) is 15.6 Å². The summed E-state index contributed by atoms with van der Waals surface area (Å²) < 4.78 is 13.2. The number of guanidine groups is 1. The molecule has 3 rings (SSSR count). The summed E-state index contributed by atoms with van der Waals surface area (Å²) in [5.74, 6) is 0.451. The number of fused-ring (bicyclic) bond motifs is 1. The highest BCUT2D eigenvalue weighted by atomic mass is 127. The van der Waals surface area contributed by atoms with Crippen molar-refractivity contribution in [3.63, 3.8) is 0 Å². The van der Waals surface area contributed by atoms with Gasteiger partial charge >= 0.3 is 0 Å². The predicted octanol–water partition coefficient (Wildman–Crippen LogP) is 3.70. The minimum Gasteiger partial charge on any atom is -0.361 e. The van der Waals surface area contributed by atoms with E-state index < -0.39 is 0 Å². The van der Waals surface area contributed by atoms with Crippen LogP contribution in [0.3, 0.4) is 0 Å². The van der Waals surface area contributed by atoms with Crippen LogP contribution < -0.4 is 10.6 Å². The van der Waals surface area contributed by atoms with E-state index in [9.17, 15) is 4.39 Å². The highest BCUT2D eigenvalue weighted by molar-refractivity contribution is 14.0. The number of benzene rings is 2. The van der Waals surface area contributed by atoms with Crippen molar-refractivity contribution >= 4 is 40.8 Å². The standard InChI is InChI=1S/C20H20FN5.HI/c1-23-20(26-12-15-4-2-3-14(9-15)11-22)24-8-7-16-13-25-19-10-17(21)5-6-18(16)19;/h2-6,9-10,13,25H,7-8,12H2,1H3,(H2,23,24,26);1H. The minimum atomic E-state index is -0.242. The zero-order chi connectivity index (χ0) is 18.4. The van der Waals surface area contributed by atoms with E-state index in [1.54, 1.807) is 19.2 Å². The van der Waals surface area contributed by atoms with E-state index in [1.807, 2.05) is 24.4 Å². The molecular weight excluding hydrogens is 456 g/mol. The molecule has 27 heavy (non-hydrogen) atoms. The third-order valence-corrected chi connectivity index (χ3v) is 4.16. The van der Waals surface area contributed by atoms with E-state index in [-0.39, 0.29) is 29.8 Å². The minimum absolute atomic E-state index is 0. The third kappa shape index (κ3) is 5.44. The molecule has 2 aromatic carbocycles. The molecular formula is C20H21FIN5. The number of rotatable bonds is 5. The number of nitrogens with one attached hydrogen (secondary N) is 3. The summed E-state index contributed by atoms with van der Waals surface area (Å²) in [4.78, 5) is 7.31. The zero-order valence-corrected chi connectivity index (χ0v) is 17.3. The van der Waals surface area contributed by atoms with Crippen LogP contribution in [0.5, 0.6) is 0 Å². The molecule has 0 aliphatic rings. The number of H-pyrrole nitrogens is 1. The predicted molar refractivity (Wildman–Crippen MR) is 117 cm³/mol. The van der Waals surface area contributed by atoms with Crippen LogP contribution in [0, 0.1) is 17.1 Å². The summed E-state index contributed by atoms with van der Waals surface area (Å²) in [5, 5.41) is 16.5. The fourth-order valence-corrected chi connectivity index (χ4v) is 2.84. The number of hydrogen-bond donors (Lipinski definition) is 3. The van der Waals surface area contributed by atoms with E-state index in [4.69, 9.17) is 5.26 Å². The van der Waals surface area contributed by atoms with Crippen LogP contribution in [0.15, 0.2) is 53.7 Å². The number of nitrogens with zero attached hydrogens (tertiary/aromatic N) is 2. The molecule has 3 N–H and O–H groups in total. The number of hydrogen-bond acceptors (Lipinski definition) is 2. The van der Waals surface area contributed by atoms with E-state index in [0.29, 0.717) is 24.6 Å². The highest BCUT2D eigenvalue weighted by Gasteiger charge is 2.05. The van der Waals surface area contributed by atoms with Crippen LogP contribution in [-0.2, 0) is 13.0 Å². The van der Waals surface area contributed by atoms with Crippen molar-refractivity contribution in [3.05, 3.63) is 71.2 Å². The first-order chi connectivity index (χ1) is 12.7. The molecule has 7 heteroatoms. The molecule has 0 amide bonds. The number of nitriles is 1. The summed E-state index contributed by atoms with van der Waals surface area (Å²) in [5.41, 5.74) is 3.60. The van der Waals surface area contributed by atoms with Gasteiger partial charge in [0.15, 0.2) is 5.96 Å². The molecule has 1 aromatic heterocycles. The molecule has 5 nitrogen and oxygen atoms in total. The van der Waals surface area contributed by atoms with E-state index in [2.05, 4.69) is 26.7 Å².